The van der Waals surface area contributed by atoms with Crippen LogP contribution in [0.3, 0.4) is 0 Å². The third-order valence-corrected chi connectivity index (χ3v) is 5.99. The number of rotatable bonds is 3. The summed E-state index contributed by atoms with van der Waals surface area (Å²) in [5, 5.41) is 2.83. The van der Waals surface area contributed by atoms with Gasteiger partial charge in [0.05, 0.1) is 10.6 Å². The van der Waals surface area contributed by atoms with Crippen LogP contribution in [0.5, 0.6) is 5.75 Å². The summed E-state index contributed by atoms with van der Waals surface area (Å²) in [5.74, 6) is 0.481. The third-order valence-electron chi connectivity index (χ3n) is 5.39. The summed E-state index contributed by atoms with van der Waals surface area (Å²) in [6.07, 6.45) is 6.12. The molecule has 8 heteroatoms. The van der Waals surface area contributed by atoms with Crippen LogP contribution in [0.4, 0.5) is 4.79 Å². The van der Waals surface area contributed by atoms with Crippen molar-refractivity contribution >= 4 is 27.9 Å². The lowest BCUT2D eigenvalue weighted by Crippen LogP contribution is -2.44. The molecule has 0 aromatic carbocycles. The summed E-state index contributed by atoms with van der Waals surface area (Å²) in [6.45, 7) is 0. The van der Waals surface area contributed by atoms with Crippen molar-refractivity contribution in [1.82, 2.24) is 14.8 Å². The lowest BCUT2D eigenvalue weighted by atomic mass is 9.91. The Hall–Kier alpha value is -1.83. The molecule has 0 atom stereocenters. The summed E-state index contributed by atoms with van der Waals surface area (Å²) >= 11 is 3.42. The Morgan fingerprint density at radius 3 is 2.48 bits per heavy atom. The Morgan fingerprint density at radius 1 is 1.20 bits per heavy atom. The monoisotopic (exact) mass is 409 g/mol. The number of urea groups is 1. The average Bonchev–Trinajstić information content (AvgIpc) is 3.30. The van der Waals surface area contributed by atoms with Gasteiger partial charge in [0.2, 0.25) is 0 Å². The van der Waals surface area contributed by atoms with Crippen LogP contribution < -0.4 is 15.6 Å². The van der Waals surface area contributed by atoms with Crippen LogP contribution in [0.25, 0.3) is 0 Å². The zero-order chi connectivity index (χ0) is 17.8. The van der Waals surface area contributed by atoms with Gasteiger partial charge < -0.3 is 14.6 Å². The van der Waals surface area contributed by atoms with Gasteiger partial charge in [0.15, 0.2) is 0 Å². The van der Waals surface area contributed by atoms with Crippen LogP contribution >= 0.6 is 15.9 Å². The van der Waals surface area contributed by atoms with E-state index in [1.807, 2.05) is 0 Å². The van der Waals surface area contributed by atoms with E-state index >= 15 is 0 Å². The van der Waals surface area contributed by atoms with E-state index in [4.69, 9.17) is 4.74 Å². The maximum Gasteiger partial charge on any atom is 0.325 e. The molecule has 4 rings (SSSR count). The molecule has 0 radical (unpaired) electrons. The van der Waals surface area contributed by atoms with E-state index in [1.165, 1.54) is 15.5 Å². The number of nitrogens with zero attached hydrogens (tertiary/aromatic N) is 2. The number of pyridine rings is 1. The Kier molecular flexibility index (Phi) is 3.90. The molecule has 134 valence electrons. The molecule has 1 aliphatic heterocycles. The van der Waals surface area contributed by atoms with E-state index in [-0.39, 0.29) is 29.6 Å². The van der Waals surface area contributed by atoms with Crippen LogP contribution in [0.1, 0.15) is 38.5 Å². The molecule has 2 saturated carbocycles. The number of carbonyl (C=O) groups excluding carboxylic acids is 2. The largest absolute Gasteiger partial charge is 0.489 e. The minimum absolute atomic E-state index is 0.0182. The van der Waals surface area contributed by atoms with Gasteiger partial charge in [-0.1, -0.05) is 0 Å². The molecule has 1 N–H and O–H groups in total. The molecule has 0 unspecified atom stereocenters. The first-order valence-corrected chi connectivity index (χ1v) is 9.37. The number of amides is 3. The predicted octanol–water partition coefficient (Wildman–Crippen LogP) is 1.92. The van der Waals surface area contributed by atoms with Gasteiger partial charge in [-0.2, -0.15) is 0 Å². The van der Waals surface area contributed by atoms with Gasteiger partial charge in [-0.05, 0) is 54.5 Å². The molecular weight excluding hydrogens is 390 g/mol. The SMILES string of the molecule is Cn1cc(Br)c(OC2CCC(N3C(=O)NC4(CC4)C3=O)CC2)cc1=O. The first kappa shape index (κ1) is 16.6. The minimum Gasteiger partial charge on any atom is -0.489 e. The molecule has 1 spiro atoms. The van der Waals surface area contributed by atoms with Crippen LogP contribution in [-0.4, -0.2) is 39.1 Å². The first-order valence-electron chi connectivity index (χ1n) is 8.58. The molecule has 0 bridgehead atoms. The lowest BCUT2D eigenvalue weighted by Gasteiger charge is -2.33. The molecule has 7 nitrogen and oxygen atoms in total. The van der Waals surface area contributed by atoms with Crippen molar-refractivity contribution in [3.05, 3.63) is 27.1 Å². The maximum atomic E-state index is 12.5. The number of nitrogens with one attached hydrogen (secondary N) is 1. The van der Waals surface area contributed by atoms with Crippen LogP contribution in [0.15, 0.2) is 21.5 Å². The normalized spacial score (nSPS) is 27.5. The number of aromatic nitrogens is 1. The summed E-state index contributed by atoms with van der Waals surface area (Å²) in [6, 6.07) is 1.17. The summed E-state index contributed by atoms with van der Waals surface area (Å²) in [5.41, 5.74) is -0.708. The molecule has 3 amide bonds. The number of ether oxygens (including phenoxy) is 1. The van der Waals surface area contributed by atoms with Gasteiger partial charge >= 0.3 is 6.03 Å². The summed E-state index contributed by atoms with van der Waals surface area (Å²) in [4.78, 5) is 37.8. The van der Waals surface area contributed by atoms with E-state index < -0.39 is 5.54 Å². The van der Waals surface area contributed by atoms with Gasteiger partial charge in [0, 0.05) is 25.4 Å². The highest BCUT2D eigenvalue weighted by Crippen LogP contribution is 2.43. The first-order chi connectivity index (χ1) is 11.9. The molecule has 2 aliphatic carbocycles. The Morgan fingerprint density at radius 2 is 1.88 bits per heavy atom. The molecule has 1 saturated heterocycles. The lowest BCUT2D eigenvalue weighted by molar-refractivity contribution is -0.130. The second-order valence-electron chi connectivity index (χ2n) is 7.17. The summed E-state index contributed by atoms with van der Waals surface area (Å²) in [7, 11) is 1.69. The average molecular weight is 410 g/mol. The smallest absolute Gasteiger partial charge is 0.325 e. The van der Waals surface area contributed by atoms with Crippen LogP contribution in [0, 0.1) is 0 Å². The minimum atomic E-state index is -0.584. The highest BCUT2D eigenvalue weighted by atomic mass is 79.9. The van der Waals surface area contributed by atoms with E-state index in [0.29, 0.717) is 5.75 Å². The van der Waals surface area contributed by atoms with Gasteiger partial charge in [0.1, 0.15) is 11.3 Å². The highest BCUT2D eigenvalue weighted by molar-refractivity contribution is 9.10. The van der Waals surface area contributed by atoms with Crippen molar-refractivity contribution in [2.75, 3.05) is 0 Å². The van der Waals surface area contributed by atoms with Gasteiger partial charge in [-0.15, -0.1) is 0 Å². The molecule has 25 heavy (non-hydrogen) atoms. The number of aryl methyl sites for hydroxylation is 1. The molecule has 3 fully saturated rings. The van der Waals surface area contributed by atoms with Crippen molar-refractivity contribution in [1.29, 1.82) is 0 Å². The fourth-order valence-electron chi connectivity index (χ4n) is 3.71. The van der Waals surface area contributed by atoms with Crippen molar-refractivity contribution in [3.63, 3.8) is 0 Å². The number of imide groups is 1. The van der Waals surface area contributed by atoms with E-state index in [1.54, 1.807) is 13.2 Å². The third kappa shape index (κ3) is 2.86. The van der Waals surface area contributed by atoms with E-state index in [9.17, 15) is 14.4 Å². The molecule has 1 aromatic heterocycles. The topological polar surface area (TPSA) is 80.6 Å². The van der Waals surface area contributed by atoms with Crippen molar-refractivity contribution in [2.24, 2.45) is 7.05 Å². The fourth-order valence-corrected chi connectivity index (χ4v) is 4.22. The summed E-state index contributed by atoms with van der Waals surface area (Å²) < 4.78 is 8.20. The zero-order valence-corrected chi connectivity index (χ0v) is 15.5. The zero-order valence-electron chi connectivity index (χ0n) is 14.0. The Bertz CT molecular complexity index is 794. The highest BCUT2D eigenvalue weighted by Gasteiger charge is 2.60. The fraction of sp³-hybridized carbons (Fsp3) is 0.588. The Balaban J connectivity index is 1.39. The van der Waals surface area contributed by atoms with Crippen molar-refractivity contribution in [2.45, 2.75) is 56.2 Å². The number of hydrogen-bond donors (Lipinski definition) is 1. The van der Waals surface area contributed by atoms with Gasteiger partial charge in [-0.3, -0.25) is 14.5 Å². The number of carbonyl (C=O) groups is 2. The molecule has 1 aromatic rings. The van der Waals surface area contributed by atoms with Crippen molar-refractivity contribution in [3.8, 4) is 5.75 Å². The van der Waals surface area contributed by atoms with Gasteiger partial charge in [0.25, 0.3) is 11.5 Å². The Labute approximate surface area is 153 Å². The second-order valence-corrected chi connectivity index (χ2v) is 8.02. The van der Waals surface area contributed by atoms with E-state index in [2.05, 4.69) is 21.2 Å². The number of hydrogen-bond acceptors (Lipinski definition) is 4. The predicted molar refractivity (Wildman–Crippen MR) is 93.4 cm³/mol. The van der Waals surface area contributed by atoms with E-state index in [0.717, 1.165) is 43.0 Å². The van der Waals surface area contributed by atoms with Crippen LogP contribution in [-0.2, 0) is 11.8 Å². The van der Waals surface area contributed by atoms with Gasteiger partial charge in [-0.25, -0.2) is 4.79 Å². The second kappa shape index (κ2) is 5.86. The molecule has 2 heterocycles. The van der Waals surface area contributed by atoms with Crippen molar-refractivity contribution < 1.29 is 14.3 Å². The quantitative estimate of drug-likeness (QED) is 0.773. The molecular formula is C17H20BrN3O4. The standard InChI is InChI=1S/C17H20BrN3O4/c1-20-9-12(18)13(8-14(20)22)25-11-4-2-10(3-5-11)21-15(23)17(6-7-17)19-16(21)24/h8-11H,2-7H2,1H3,(H,19,24). The maximum absolute atomic E-state index is 12.5. The van der Waals surface area contributed by atoms with Crippen LogP contribution in [0.2, 0.25) is 0 Å². The molecule has 3 aliphatic rings. The number of halogens is 1.